The van der Waals surface area contributed by atoms with Gasteiger partial charge in [-0.05, 0) is 31.4 Å². The predicted octanol–water partition coefficient (Wildman–Crippen LogP) is 3.87. The molecule has 1 fully saturated rings. The Morgan fingerprint density at radius 1 is 1.12 bits per heavy atom. The number of carbonyl (C=O) groups is 1. The summed E-state index contributed by atoms with van der Waals surface area (Å²) >= 11 is 0. The lowest BCUT2D eigenvalue weighted by Crippen LogP contribution is -2.38. The third-order valence-electron chi connectivity index (χ3n) is 5.06. The summed E-state index contributed by atoms with van der Waals surface area (Å²) in [7, 11) is 1.63. The molecule has 5 heteroatoms. The molecule has 1 saturated carbocycles. The van der Waals surface area contributed by atoms with Crippen molar-refractivity contribution in [2.45, 2.75) is 38.0 Å². The molecule has 1 heterocycles. The van der Waals surface area contributed by atoms with Crippen LogP contribution in [0, 0.1) is 6.92 Å². The Bertz CT molecular complexity index is 740. The molecule has 0 atom stereocenters. The van der Waals surface area contributed by atoms with Gasteiger partial charge in [0.05, 0.1) is 23.4 Å². The Morgan fingerprint density at radius 3 is 2.50 bits per heavy atom. The molecule has 0 unspecified atom stereocenters. The van der Waals surface area contributed by atoms with E-state index in [2.05, 4.69) is 22.4 Å². The van der Waals surface area contributed by atoms with E-state index in [1.54, 1.807) is 13.2 Å². The minimum atomic E-state index is -0.443. The average Bonchev–Trinajstić information content (AvgIpc) is 3.16. The number of methoxy groups -OCH3 is 1. The van der Waals surface area contributed by atoms with Gasteiger partial charge in [0.25, 0.3) is 0 Å². The summed E-state index contributed by atoms with van der Waals surface area (Å²) in [6, 6.07) is 13.7. The Labute approximate surface area is 154 Å². The maximum Gasteiger partial charge on any atom is 0.235 e. The number of rotatable bonds is 7. The minimum Gasteiger partial charge on any atom is -0.475 e. The van der Waals surface area contributed by atoms with Gasteiger partial charge in [0.2, 0.25) is 11.8 Å². The maximum atomic E-state index is 13.2. The van der Waals surface area contributed by atoms with E-state index in [-0.39, 0.29) is 5.91 Å². The van der Waals surface area contributed by atoms with Crippen LogP contribution in [-0.2, 0) is 14.9 Å². The highest BCUT2D eigenvalue weighted by Gasteiger charge is 2.42. The topological polar surface area (TPSA) is 60.5 Å². The van der Waals surface area contributed by atoms with Crippen molar-refractivity contribution in [2.24, 2.45) is 0 Å². The maximum absolute atomic E-state index is 13.2. The zero-order valence-corrected chi connectivity index (χ0v) is 15.5. The van der Waals surface area contributed by atoms with Crippen LogP contribution in [0.4, 0.5) is 5.69 Å². The lowest BCUT2D eigenvalue weighted by Gasteiger charge is -2.28. The Kier molecular flexibility index (Phi) is 5.89. The molecule has 1 N–H and O–H groups in total. The van der Waals surface area contributed by atoms with E-state index in [0.717, 1.165) is 42.6 Å². The number of benzene rings is 1. The van der Waals surface area contributed by atoms with Gasteiger partial charge in [0.1, 0.15) is 6.61 Å². The van der Waals surface area contributed by atoms with E-state index in [9.17, 15) is 4.79 Å². The number of carbonyl (C=O) groups excluding carboxylic acids is 1. The van der Waals surface area contributed by atoms with Crippen LogP contribution in [-0.4, -0.2) is 31.2 Å². The first-order chi connectivity index (χ1) is 12.7. The molecule has 1 aliphatic carbocycles. The van der Waals surface area contributed by atoms with Crippen molar-refractivity contribution in [3.8, 4) is 5.88 Å². The lowest BCUT2D eigenvalue weighted by molar-refractivity contribution is -0.121. The molecule has 1 aliphatic rings. The fraction of sp³-hybridized carbons (Fsp3) is 0.429. The summed E-state index contributed by atoms with van der Waals surface area (Å²) in [6.07, 6.45) is 3.92. The second-order valence-corrected chi connectivity index (χ2v) is 6.73. The van der Waals surface area contributed by atoms with Crippen LogP contribution >= 0.6 is 0 Å². The molecule has 138 valence electrons. The van der Waals surface area contributed by atoms with E-state index < -0.39 is 5.41 Å². The van der Waals surface area contributed by atoms with Gasteiger partial charge < -0.3 is 14.8 Å². The van der Waals surface area contributed by atoms with Crippen molar-refractivity contribution in [3.05, 3.63) is 53.7 Å². The van der Waals surface area contributed by atoms with Crippen molar-refractivity contribution in [3.63, 3.8) is 0 Å². The number of anilines is 1. The van der Waals surface area contributed by atoms with Crippen LogP contribution in [0.15, 0.2) is 42.5 Å². The first-order valence-corrected chi connectivity index (χ1v) is 9.12. The van der Waals surface area contributed by atoms with Gasteiger partial charge in [-0.1, -0.05) is 43.2 Å². The second kappa shape index (κ2) is 8.32. The van der Waals surface area contributed by atoms with Crippen molar-refractivity contribution in [2.75, 3.05) is 25.6 Å². The van der Waals surface area contributed by atoms with Crippen LogP contribution < -0.4 is 10.1 Å². The molecule has 1 aromatic heterocycles. The zero-order chi connectivity index (χ0) is 18.4. The number of hydrogen-bond acceptors (Lipinski definition) is 4. The number of aromatic nitrogens is 1. The fourth-order valence-electron chi connectivity index (χ4n) is 3.60. The van der Waals surface area contributed by atoms with E-state index in [1.165, 1.54) is 0 Å². The lowest BCUT2D eigenvalue weighted by atomic mass is 9.78. The number of ether oxygens (including phenoxy) is 2. The van der Waals surface area contributed by atoms with Gasteiger partial charge in [-0.3, -0.25) is 4.79 Å². The first kappa shape index (κ1) is 18.4. The van der Waals surface area contributed by atoms with Crippen molar-refractivity contribution < 1.29 is 14.3 Å². The first-order valence-electron chi connectivity index (χ1n) is 9.12. The Hall–Kier alpha value is -2.40. The summed E-state index contributed by atoms with van der Waals surface area (Å²) < 4.78 is 10.5. The molecule has 26 heavy (non-hydrogen) atoms. The number of amides is 1. The summed E-state index contributed by atoms with van der Waals surface area (Å²) in [4.78, 5) is 17.6. The summed E-state index contributed by atoms with van der Waals surface area (Å²) in [5.41, 5.74) is 2.13. The fourth-order valence-corrected chi connectivity index (χ4v) is 3.60. The molecule has 0 saturated heterocycles. The molecular formula is C21H26N2O3. The zero-order valence-electron chi connectivity index (χ0n) is 15.5. The molecule has 3 rings (SSSR count). The number of aryl methyl sites for hydroxylation is 1. The highest BCUT2D eigenvalue weighted by molar-refractivity contribution is 5.99. The van der Waals surface area contributed by atoms with Crippen molar-refractivity contribution >= 4 is 11.6 Å². The van der Waals surface area contributed by atoms with Crippen LogP contribution in [0.5, 0.6) is 5.88 Å². The molecular weight excluding hydrogens is 328 g/mol. The highest BCUT2D eigenvalue weighted by atomic mass is 16.5. The number of pyridine rings is 1. The second-order valence-electron chi connectivity index (χ2n) is 6.73. The summed E-state index contributed by atoms with van der Waals surface area (Å²) in [6.45, 7) is 2.84. The van der Waals surface area contributed by atoms with Crippen LogP contribution in [0.2, 0.25) is 0 Å². The average molecular weight is 354 g/mol. The third-order valence-corrected chi connectivity index (χ3v) is 5.06. The molecule has 1 aromatic carbocycles. The number of hydrogen-bond donors (Lipinski definition) is 1. The Morgan fingerprint density at radius 2 is 1.85 bits per heavy atom. The van der Waals surface area contributed by atoms with E-state index in [1.807, 2.05) is 31.2 Å². The minimum absolute atomic E-state index is 0.0548. The van der Waals surface area contributed by atoms with Gasteiger partial charge in [-0.2, -0.15) is 0 Å². The normalized spacial score (nSPS) is 15.6. The molecule has 0 radical (unpaired) electrons. The molecule has 2 aromatic rings. The van der Waals surface area contributed by atoms with E-state index >= 15 is 0 Å². The largest absolute Gasteiger partial charge is 0.475 e. The SMILES string of the molecule is COCCOc1ccc(NC(=O)C2(c3ccccc3)CCCC2)c(C)n1. The van der Waals surface area contributed by atoms with Crippen molar-refractivity contribution in [1.82, 2.24) is 4.98 Å². The highest BCUT2D eigenvalue weighted by Crippen LogP contribution is 2.42. The number of nitrogens with zero attached hydrogens (tertiary/aromatic N) is 1. The standard InChI is InChI=1S/C21H26N2O3/c1-16-18(10-11-19(22-16)26-15-14-25-2)23-20(24)21(12-6-7-13-21)17-8-4-3-5-9-17/h3-5,8-11H,6-7,12-15H2,1-2H3,(H,23,24). The van der Waals surface area contributed by atoms with E-state index in [0.29, 0.717) is 19.1 Å². The quantitative estimate of drug-likeness (QED) is 0.767. The van der Waals surface area contributed by atoms with Crippen molar-refractivity contribution in [1.29, 1.82) is 0 Å². The molecule has 0 bridgehead atoms. The van der Waals surface area contributed by atoms with Gasteiger partial charge in [0, 0.05) is 13.2 Å². The van der Waals surface area contributed by atoms with Crippen LogP contribution in [0.25, 0.3) is 0 Å². The monoisotopic (exact) mass is 354 g/mol. The smallest absolute Gasteiger partial charge is 0.235 e. The molecule has 5 nitrogen and oxygen atoms in total. The summed E-state index contributed by atoms with van der Waals surface area (Å²) in [5.74, 6) is 0.593. The third kappa shape index (κ3) is 3.88. The molecule has 0 spiro atoms. The summed E-state index contributed by atoms with van der Waals surface area (Å²) in [5, 5.41) is 3.10. The van der Waals surface area contributed by atoms with Crippen LogP contribution in [0.3, 0.4) is 0 Å². The van der Waals surface area contributed by atoms with E-state index in [4.69, 9.17) is 9.47 Å². The van der Waals surface area contributed by atoms with Gasteiger partial charge in [0.15, 0.2) is 0 Å². The van der Waals surface area contributed by atoms with Gasteiger partial charge in [-0.25, -0.2) is 4.98 Å². The van der Waals surface area contributed by atoms with Gasteiger partial charge in [-0.15, -0.1) is 0 Å². The number of nitrogens with one attached hydrogen (secondary N) is 1. The van der Waals surface area contributed by atoms with Crippen LogP contribution in [0.1, 0.15) is 36.9 Å². The molecule has 0 aliphatic heterocycles. The molecule has 1 amide bonds. The van der Waals surface area contributed by atoms with Gasteiger partial charge >= 0.3 is 0 Å². The predicted molar refractivity (Wildman–Crippen MR) is 102 cm³/mol. The Balaban J connectivity index is 1.76.